The largest absolute Gasteiger partial charge is 0.199 e. The summed E-state index contributed by atoms with van der Waals surface area (Å²) in [6.07, 6.45) is 49.7. The molecule has 0 aromatic carbocycles. The van der Waals surface area contributed by atoms with Crippen LogP contribution in [0, 0.1) is 0 Å². The Morgan fingerprint density at radius 1 is 0.297 bits per heavy atom. The third kappa shape index (κ3) is 36.0. The molecule has 0 amide bonds. The average molecular weight is 530 g/mol. The van der Waals surface area contributed by atoms with Crippen molar-refractivity contribution >= 4 is 15.2 Å². The van der Waals surface area contributed by atoms with Crippen LogP contribution in [0.5, 0.6) is 0 Å². The summed E-state index contributed by atoms with van der Waals surface area (Å²) >= 11 is 0.750. The lowest BCUT2D eigenvalue weighted by molar-refractivity contribution is 0.603. The maximum atomic E-state index is 2.45. The van der Waals surface area contributed by atoms with Crippen molar-refractivity contribution in [1.82, 2.24) is 0 Å². The van der Waals surface area contributed by atoms with Crippen LogP contribution >= 0.6 is 0 Å². The Kier molecular flexibility index (Phi) is 36.0. The minimum atomic E-state index is 0.750. The highest BCUT2D eigenvalue weighted by Gasteiger charge is 1.96. The van der Waals surface area contributed by atoms with Crippen molar-refractivity contribution in [2.24, 2.45) is 0 Å². The molecule has 0 rings (SSSR count). The number of rotatable bonds is 32. The van der Waals surface area contributed by atoms with E-state index in [-0.39, 0.29) is 0 Å². The molecule has 0 N–H and O–H groups in total. The normalized spacial score (nSPS) is 11.8. The van der Waals surface area contributed by atoms with E-state index in [1.807, 2.05) is 0 Å². The van der Waals surface area contributed by atoms with Crippen LogP contribution in [0.3, 0.4) is 0 Å². The molecule has 0 aliphatic heterocycles. The molecule has 0 aliphatic rings. The number of hydrogen-bond acceptors (Lipinski definition) is 0. The number of allylic oxidation sites excluding steroid dienone is 4. The molecule has 1 heteroatoms. The first-order valence-electron chi connectivity index (χ1n) is 17.5. The maximum Gasteiger partial charge on any atom is 0.199 e. The zero-order valence-electron chi connectivity index (χ0n) is 26.1. The van der Waals surface area contributed by atoms with E-state index in [2.05, 4.69) is 38.2 Å². The van der Waals surface area contributed by atoms with E-state index in [1.54, 1.807) is 10.6 Å². The molecule has 0 spiro atoms. The lowest BCUT2D eigenvalue weighted by Gasteiger charge is -2.02. The lowest BCUT2D eigenvalue weighted by atomic mass is 10.1. The van der Waals surface area contributed by atoms with Gasteiger partial charge in [0.25, 0.3) is 0 Å². The first kappa shape index (κ1) is 37.0. The monoisotopic (exact) mass is 530 g/mol. The first-order chi connectivity index (χ1) is 18.4. The van der Waals surface area contributed by atoms with Crippen LogP contribution in [0.4, 0.5) is 0 Å². The third-order valence-corrected chi connectivity index (χ3v) is 9.47. The molecule has 0 unspecified atom stereocenters. The van der Waals surface area contributed by atoms with E-state index in [4.69, 9.17) is 0 Å². The van der Waals surface area contributed by atoms with Crippen molar-refractivity contribution in [2.75, 3.05) is 0 Å². The van der Waals surface area contributed by atoms with E-state index in [9.17, 15) is 0 Å². The van der Waals surface area contributed by atoms with Crippen molar-refractivity contribution < 1.29 is 0 Å². The van der Waals surface area contributed by atoms with Crippen LogP contribution in [0.1, 0.15) is 194 Å². The molecule has 217 valence electrons. The summed E-state index contributed by atoms with van der Waals surface area (Å²) in [6, 6.07) is 0. The van der Waals surface area contributed by atoms with Crippen molar-refractivity contribution in [2.45, 2.75) is 204 Å². The van der Waals surface area contributed by atoms with Gasteiger partial charge < -0.3 is 0 Å². The van der Waals surface area contributed by atoms with Crippen molar-refractivity contribution in [1.29, 1.82) is 0 Å². The molecule has 0 aromatic rings. The van der Waals surface area contributed by atoms with Gasteiger partial charge in [0.2, 0.25) is 0 Å². The minimum absolute atomic E-state index is 0.750. The molecular weight excluding hydrogens is 459 g/mol. The van der Waals surface area contributed by atoms with Crippen LogP contribution in [0.25, 0.3) is 0 Å². The second-order valence-corrected chi connectivity index (χ2v) is 13.5. The van der Waals surface area contributed by atoms with Gasteiger partial charge in [-0.15, -0.1) is 10.6 Å². The van der Waals surface area contributed by atoms with Gasteiger partial charge in [-0.1, -0.05) is 167 Å². The van der Waals surface area contributed by atoms with Crippen LogP contribution in [0.15, 0.2) is 24.3 Å². The molecule has 0 saturated carbocycles. The fourth-order valence-electron chi connectivity index (χ4n) is 5.22. The van der Waals surface area contributed by atoms with Gasteiger partial charge in [0, 0.05) is 0 Å². The summed E-state index contributed by atoms with van der Waals surface area (Å²) in [5, 5.41) is 3.12. The quantitative estimate of drug-likeness (QED) is 0.0461. The van der Waals surface area contributed by atoms with Crippen LogP contribution in [-0.4, -0.2) is 15.2 Å². The Bertz CT molecular complexity index is 398. The minimum Gasteiger partial charge on any atom is -0.104 e. The Balaban J connectivity index is 3.09. The fourth-order valence-corrected chi connectivity index (χ4v) is 6.66. The highest BCUT2D eigenvalue weighted by atomic mass is 27.1. The second kappa shape index (κ2) is 36.0. The van der Waals surface area contributed by atoms with Crippen molar-refractivity contribution in [3.63, 3.8) is 0 Å². The van der Waals surface area contributed by atoms with Gasteiger partial charge >= 0.3 is 0 Å². The van der Waals surface area contributed by atoms with Crippen molar-refractivity contribution in [3.8, 4) is 0 Å². The molecule has 1 radical (unpaired) electrons. The summed E-state index contributed by atoms with van der Waals surface area (Å²) in [7, 11) is 0. The summed E-state index contributed by atoms with van der Waals surface area (Å²) in [5.41, 5.74) is 0. The van der Waals surface area contributed by atoms with E-state index in [0.29, 0.717) is 0 Å². The summed E-state index contributed by atoms with van der Waals surface area (Å²) < 4.78 is 0. The highest BCUT2D eigenvalue weighted by Crippen LogP contribution is 2.13. The molecule has 0 nitrogen and oxygen atoms in total. The Hall–Kier alpha value is 0.0125. The van der Waals surface area contributed by atoms with Gasteiger partial charge in [-0.25, -0.2) is 0 Å². The molecule has 37 heavy (non-hydrogen) atoms. The molecule has 0 atom stereocenters. The first-order valence-corrected chi connectivity index (χ1v) is 19.2. The van der Waals surface area contributed by atoms with Crippen molar-refractivity contribution in [3.05, 3.63) is 24.3 Å². The number of hydrogen-bond donors (Lipinski definition) is 0. The van der Waals surface area contributed by atoms with Gasteiger partial charge in [0.15, 0.2) is 15.2 Å². The smallest absolute Gasteiger partial charge is 0.104 e. The Morgan fingerprint density at radius 2 is 0.541 bits per heavy atom. The summed E-state index contributed by atoms with van der Waals surface area (Å²) in [6.45, 7) is 4.59. The average Bonchev–Trinajstić information content (AvgIpc) is 2.91. The lowest BCUT2D eigenvalue weighted by Crippen LogP contribution is -1.90. The van der Waals surface area contributed by atoms with E-state index in [0.717, 1.165) is 15.2 Å². The zero-order chi connectivity index (χ0) is 26.7. The SMILES string of the molecule is CCCCCCCC/C=C\CCCCCCC[CH2][Al][CH2]CCCCCCC/C=C\CCCCCCCC. The van der Waals surface area contributed by atoms with Gasteiger partial charge in [-0.3, -0.25) is 0 Å². The fraction of sp³-hybridized carbons (Fsp3) is 0.889. The predicted octanol–water partition coefficient (Wildman–Crippen LogP) is 13.6. The van der Waals surface area contributed by atoms with E-state index in [1.165, 1.54) is 180 Å². The Labute approximate surface area is 243 Å². The topological polar surface area (TPSA) is 0 Å². The molecule has 0 aromatic heterocycles. The molecular formula is C36H70Al. The van der Waals surface area contributed by atoms with Gasteiger partial charge in [0.1, 0.15) is 0 Å². The maximum absolute atomic E-state index is 2.45. The van der Waals surface area contributed by atoms with E-state index < -0.39 is 0 Å². The highest BCUT2D eigenvalue weighted by molar-refractivity contribution is 6.35. The Morgan fingerprint density at radius 3 is 0.838 bits per heavy atom. The van der Waals surface area contributed by atoms with Crippen LogP contribution in [0.2, 0.25) is 10.6 Å². The standard InChI is InChI=1S/2C18H35.Al/c2*1-3-5-7-9-11-13-15-17-18-16-14-12-10-8-6-4-2;/h2*17-18H,1,3-16H2,2H3;/b2*18-17-;. The van der Waals surface area contributed by atoms with E-state index >= 15 is 0 Å². The molecule has 0 heterocycles. The molecule has 0 saturated heterocycles. The zero-order valence-corrected chi connectivity index (χ0v) is 27.3. The molecule has 0 aliphatic carbocycles. The predicted molar refractivity (Wildman–Crippen MR) is 174 cm³/mol. The third-order valence-electron chi connectivity index (χ3n) is 7.84. The number of unbranched alkanes of at least 4 members (excludes halogenated alkanes) is 24. The van der Waals surface area contributed by atoms with Gasteiger partial charge in [-0.2, -0.15) is 0 Å². The van der Waals surface area contributed by atoms with Gasteiger partial charge in [-0.05, 0) is 51.4 Å². The van der Waals surface area contributed by atoms with Crippen LogP contribution < -0.4 is 0 Å². The summed E-state index contributed by atoms with van der Waals surface area (Å²) in [5.74, 6) is 0. The molecule has 0 bridgehead atoms. The van der Waals surface area contributed by atoms with Crippen LogP contribution in [-0.2, 0) is 0 Å². The summed E-state index contributed by atoms with van der Waals surface area (Å²) in [4.78, 5) is 0. The second-order valence-electron chi connectivity index (χ2n) is 11.7. The molecule has 0 fully saturated rings. The van der Waals surface area contributed by atoms with Gasteiger partial charge in [0.05, 0.1) is 0 Å².